The number of halogens is 1. The van der Waals surface area contributed by atoms with Gasteiger partial charge in [-0.2, -0.15) is 0 Å². The Morgan fingerprint density at radius 1 is 1.47 bits per heavy atom. The molecule has 1 N–H and O–H groups in total. The number of benzene rings is 1. The molecule has 0 saturated carbocycles. The summed E-state index contributed by atoms with van der Waals surface area (Å²) in [6.45, 7) is 0.375. The van der Waals surface area contributed by atoms with E-state index in [-0.39, 0.29) is 10.7 Å². The lowest BCUT2D eigenvalue weighted by Gasteiger charge is -2.16. The molecule has 1 aromatic rings. The number of hydrogen-bond donors (Lipinski definition) is 1. The van der Waals surface area contributed by atoms with Gasteiger partial charge >= 0.3 is 0 Å². The van der Waals surface area contributed by atoms with Crippen molar-refractivity contribution < 1.29 is 9.63 Å². The fourth-order valence-electron chi connectivity index (χ4n) is 1.17. The van der Waals surface area contributed by atoms with Gasteiger partial charge in [-0.15, -0.1) is 0 Å². The zero-order valence-electron chi connectivity index (χ0n) is 7.81. The second kappa shape index (κ2) is 4.44. The van der Waals surface area contributed by atoms with Gasteiger partial charge in [0.25, 0.3) is 0 Å². The number of nitrogens with zero attached hydrogens (tertiary/aromatic N) is 1. The molecule has 0 spiro atoms. The average molecular weight is 269 g/mol. The second-order valence-electron chi connectivity index (χ2n) is 3.07. The van der Waals surface area contributed by atoms with Crippen molar-refractivity contribution in [3.63, 3.8) is 0 Å². The third-order valence-corrected chi connectivity index (χ3v) is 2.91. The molecule has 78 valence electrons. The number of amidine groups is 1. The Kier molecular flexibility index (Phi) is 3.01. The van der Waals surface area contributed by atoms with Gasteiger partial charge in [-0.05, 0) is 5.56 Å². The van der Waals surface area contributed by atoms with Gasteiger partial charge in [0.05, 0.1) is 0 Å². The van der Waals surface area contributed by atoms with Gasteiger partial charge < -0.3 is 10.2 Å². The van der Waals surface area contributed by atoms with Gasteiger partial charge in [0.15, 0.2) is 12.4 Å². The van der Waals surface area contributed by atoms with Crippen LogP contribution in [0.25, 0.3) is 0 Å². The van der Waals surface area contributed by atoms with Crippen LogP contribution in [0.3, 0.4) is 0 Å². The highest BCUT2D eigenvalue weighted by Crippen LogP contribution is 2.22. The summed E-state index contributed by atoms with van der Waals surface area (Å²) in [5.74, 6) is 0.434. The van der Waals surface area contributed by atoms with E-state index < -0.39 is 0 Å². The topological polar surface area (TPSA) is 50.7 Å². The van der Waals surface area contributed by atoms with Crippen LogP contribution in [0, 0.1) is 0 Å². The van der Waals surface area contributed by atoms with E-state index in [2.05, 4.69) is 31.2 Å². The summed E-state index contributed by atoms with van der Waals surface area (Å²) >= 11 is 3.33. The molecule has 0 bridgehead atoms. The summed E-state index contributed by atoms with van der Waals surface area (Å²) in [6, 6.07) is 9.46. The maximum atomic E-state index is 11.7. The number of carbonyl (C=O) groups is 1. The molecule has 15 heavy (non-hydrogen) atoms. The first-order valence-electron chi connectivity index (χ1n) is 4.46. The smallest absolute Gasteiger partial charge is 0.243 e. The van der Waals surface area contributed by atoms with Crippen LogP contribution >= 0.6 is 15.9 Å². The zero-order chi connectivity index (χ0) is 10.7. The van der Waals surface area contributed by atoms with Gasteiger partial charge in [-0.1, -0.05) is 51.4 Å². The monoisotopic (exact) mass is 268 g/mol. The molecule has 1 heterocycles. The molecule has 1 aliphatic heterocycles. The quantitative estimate of drug-likeness (QED) is 0.829. The minimum absolute atomic E-state index is 0.136. The lowest BCUT2D eigenvalue weighted by molar-refractivity contribution is -0.119. The number of oxime groups is 1. The van der Waals surface area contributed by atoms with Gasteiger partial charge in [-0.25, -0.2) is 0 Å². The Balaban J connectivity index is 2.01. The second-order valence-corrected chi connectivity index (χ2v) is 3.99. The van der Waals surface area contributed by atoms with Crippen LogP contribution in [0.5, 0.6) is 0 Å². The van der Waals surface area contributed by atoms with Crippen molar-refractivity contribution in [3.05, 3.63) is 35.9 Å². The van der Waals surface area contributed by atoms with E-state index >= 15 is 0 Å². The zero-order valence-corrected chi connectivity index (χ0v) is 9.40. The fourth-order valence-corrected chi connectivity index (χ4v) is 1.59. The van der Waals surface area contributed by atoms with Crippen LogP contribution < -0.4 is 5.32 Å². The average Bonchev–Trinajstić information content (AvgIpc) is 2.23. The maximum absolute atomic E-state index is 11.7. The molecule has 0 radical (unpaired) electrons. The third kappa shape index (κ3) is 2.36. The number of alkyl halides is 1. The summed E-state index contributed by atoms with van der Waals surface area (Å²) < 4.78 is 0. The van der Waals surface area contributed by atoms with E-state index in [1.807, 2.05) is 30.3 Å². The molecule has 1 aromatic carbocycles. The molecule has 0 saturated heterocycles. The van der Waals surface area contributed by atoms with E-state index in [9.17, 15) is 4.79 Å². The van der Waals surface area contributed by atoms with E-state index in [0.29, 0.717) is 12.4 Å². The molecule has 5 heteroatoms. The lowest BCUT2D eigenvalue weighted by Crippen LogP contribution is -2.39. The molecule has 0 aromatic heterocycles. The highest BCUT2D eigenvalue weighted by Gasteiger charge is 2.20. The van der Waals surface area contributed by atoms with Crippen molar-refractivity contribution in [2.45, 2.75) is 4.83 Å². The van der Waals surface area contributed by atoms with Crippen molar-refractivity contribution in [2.75, 3.05) is 6.61 Å². The standard InChI is InChI=1S/C10H9BrN2O2/c11-9(7-4-2-1-3-5-7)10(14)12-8-6-15-13-8/h1-5,9H,6H2,(H,12,13,14). The number of rotatable bonds is 2. The summed E-state index contributed by atoms with van der Waals surface area (Å²) in [4.78, 5) is 15.9. The summed E-state index contributed by atoms with van der Waals surface area (Å²) in [6.07, 6.45) is 0. The van der Waals surface area contributed by atoms with E-state index in [4.69, 9.17) is 0 Å². The van der Waals surface area contributed by atoms with Crippen LogP contribution in [0.4, 0.5) is 0 Å². The largest absolute Gasteiger partial charge is 0.386 e. The number of hydrogen-bond acceptors (Lipinski definition) is 3. The number of nitrogens with one attached hydrogen (secondary N) is 1. The molecule has 4 nitrogen and oxygen atoms in total. The molecule has 1 unspecified atom stereocenters. The predicted molar refractivity (Wildman–Crippen MR) is 59.6 cm³/mol. The van der Waals surface area contributed by atoms with Gasteiger partial charge in [0, 0.05) is 0 Å². The Morgan fingerprint density at radius 3 is 2.67 bits per heavy atom. The first kappa shape index (κ1) is 10.2. The molecular weight excluding hydrogens is 260 g/mol. The summed E-state index contributed by atoms with van der Waals surface area (Å²) in [7, 11) is 0. The minimum atomic E-state index is -0.359. The Bertz CT molecular complexity index is 392. The molecule has 0 fully saturated rings. The molecule has 1 amide bonds. The first-order chi connectivity index (χ1) is 7.27. The van der Waals surface area contributed by atoms with E-state index in [0.717, 1.165) is 5.56 Å². The van der Waals surface area contributed by atoms with Crippen molar-refractivity contribution in [2.24, 2.45) is 5.16 Å². The van der Waals surface area contributed by atoms with Crippen molar-refractivity contribution in [1.29, 1.82) is 0 Å². The van der Waals surface area contributed by atoms with Crippen molar-refractivity contribution in [1.82, 2.24) is 5.32 Å². The number of amides is 1. The SMILES string of the molecule is O=C(NC1=NOC1)C(Br)c1ccccc1. The first-order valence-corrected chi connectivity index (χ1v) is 5.37. The summed E-state index contributed by atoms with van der Waals surface area (Å²) in [5, 5.41) is 6.20. The minimum Gasteiger partial charge on any atom is -0.386 e. The maximum Gasteiger partial charge on any atom is 0.243 e. The highest BCUT2D eigenvalue weighted by atomic mass is 79.9. The Morgan fingerprint density at radius 2 is 2.13 bits per heavy atom. The van der Waals surface area contributed by atoms with Gasteiger partial charge in [0.1, 0.15) is 4.83 Å². The van der Waals surface area contributed by atoms with Gasteiger partial charge in [0.2, 0.25) is 5.91 Å². The highest BCUT2D eigenvalue weighted by molar-refractivity contribution is 9.09. The van der Waals surface area contributed by atoms with Crippen LogP contribution in [0.1, 0.15) is 10.4 Å². The predicted octanol–water partition coefficient (Wildman–Crippen LogP) is 1.58. The van der Waals surface area contributed by atoms with Crippen molar-refractivity contribution in [3.8, 4) is 0 Å². The van der Waals surface area contributed by atoms with Crippen molar-refractivity contribution >= 4 is 27.7 Å². The number of carbonyl (C=O) groups excluding carboxylic acids is 1. The molecule has 2 rings (SSSR count). The van der Waals surface area contributed by atoms with E-state index in [1.54, 1.807) is 0 Å². The molecule has 1 atom stereocenters. The fraction of sp³-hybridized carbons (Fsp3) is 0.200. The Hall–Kier alpha value is -1.36. The van der Waals surface area contributed by atoms with Gasteiger partial charge in [-0.3, -0.25) is 4.79 Å². The normalized spacial score (nSPS) is 15.7. The molecule has 1 aliphatic rings. The lowest BCUT2D eigenvalue weighted by atomic mass is 10.1. The molecular formula is C10H9BrN2O2. The Labute approximate surface area is 95.4 Å². The van der Waals surface area contributed by atoms with Crippen LogP contribution in [0.2, 0.25) is 0 Å². The third-order valence-electron chi connectivity index (χ3n) is 1.97. The summed E-state index contributed by atoms with van der Waals surface area (Å²) in [5.41, 5.74) is 0.913. The van der Waals surface area contributed by atoms with Crippen LogP contribution in [-0.4, -0.2) is 18.3 Å². The van der Waals surface area contributed by atoms with Crippen LogP contribution in [0.15, 0.2) is 35.5 Å². The van der Waals surface area contributed by atoms with Crippen LogP contribution in [-0.2, 0) is 9.63 Å². The van der Waals surface area contributed by atoms with E-state index in [1.165, 1.54) is 0 Å². The molecule has 0 aliphatic carbocycles.